The Bertz CT molecular complexity index is 186. The molecule has 0 bridgehead atoms. The third-order valence-corrected chi connectivity index (χ3v) is 1.43. The van der Waals surface area contributed by atoms with Crippen LogP contribution in [-0.2, 0) is 18.6 Å². The predicted molar refractivity (Wildman–Crippen MR) is 59.8 cm³/mol. The van der Waals surface area contributed by atoms with Gasteiger partial charge in [0.05, 0.1) is 0 Å². The molecule has 1 aromatic rings. The van der Waals surface area contributed by atoms with Crippen LogP contribution in [0.4, 0.5) is 0 Å². The van der Waals surface area contributed by atoms with Crippen LogP contribution in [0.25, 0.3) is 0 Å². The van der Waals surface area contributed by atoms with Gasteiger partial charge in [-0.15, -0.1) is 0 Å². The van der Waals surface area contributed by atoms with Gasteiger partial charge in [0.15, 0.2) is 0 Å². The molecule has 4 heteroatoms. The van der Waals surface area contributed by atoms with E-state index in [1.54, 1.807) is 18.6 Å². The zero-order chi connectivity index (χ0) is 12.0. The number of aryl methyl sites for hydroxylation is 2. The normalized spacial score (nSPS) is 6.36. The minimum atomic E-state index is 1.00. The van der Waals surface area contributed by atoms with Gasteiger partial charge >= 0.3 is 28.3 Å². The second-order valence-electron chi connectivity index (χ2n) is 2.08. The van der Waals surface area contributed by atoms with Crippen molar-refractivity contribution in [2.45, 2.75) is 13.8 Å². The quantitative estimate of drug-likeness (QED) is 0.693. The Balaban J connectivity index is -0.000000174. The molecule has 0 spiro atoms. The predicted octanol–water partition coefficient (Wildman–Crippen LogP) is 2.17. The van der Waals surface area contributed by atoms with Gasteiger partial charge in [-0.1, -0.05) is 24.3 Å². The Hall–Kier alpha value is 0.0743. The summed E-state index contributed by atoms with van der Waals surface area (Å²) in [7, 11) is 6.08. The summed E-state index contributed by atoms with van der Waals surface area (Å²) in [6.07, 6.45) is 0. The van der Waals surface area contributed by atoms with E-state index in [4.69, 9.17) is 10.2 Å². The van der Waals surface area contributed by atoms with Crippen molar-refractivity contribution in [1.29, 1.82) is 0 Å². The molecule has 0 unspecified atom stereocenters. The average molecular weight is 250 g/mol. The SMILES string of the molecule is CO.CO.Cc1ccccc1C.[S]=[Ti]. The molecule has 0 aromatic heterocycles. The van der Waals surface area contributed by atoms with Crippen molar-refractivity contribution in [3.8, 4) is 0 Å². The molecule has 0 saturated heterocycles. The van der Waals surface area contributed by atoms with Crippen LogP contribution in [0.5, 0.6) is 0 Å². The van der Waals surface area contributed by atoms with E-state index in [0.29, 0.717) is 0 Å². The first-order chi connectivity index (χ1) is 6.80. The number of aliphatic hydroxyl groups excluding tert-OH is 2. The molecule has 0 saturated carbocycles. The molecule has 0 atom stereocenters. The van der Waals surface area contributed by atoms with Gasteiger partial charge in [-0.05, 0) is 25.0 Å². The molecule has 0 amide bonds. The summed E-state index contributed by atoms with van der Waals surface area (Å²) in [5.41, 5.74) is 2.74. The molecule has 2 nitrogen and oxygen atoms in total. The molecule has 0 radical (unpaired) electrons. The van der Waals surface area contributed by atoms with Crippen molar-refractivity contribution in [1.82, 2.24) is 0 Å². The van der Waals surface area contributed by atoms with Gasteiger partial charge in [-0.3, -0.25) is 0 Å². The summed E-state index contributed by atoms with van der Waals surface area (Å²) in [6, 6.07) is 8.36. The molecule has 0 aliphatic carbocycles. The second-order valence-corrected chi connectivity index (χ2v) is 2.08. The molecule has 2 N–H and O–H groups in total. The Morgan fingerprint density at radius 2 is 1.07 bits per heavy atom. The maximum absolute atomic E-state index is 7.00. The summed E-state index contributed by atoms with van der Waals surface area (Å²) >= 11 is 1.58. The minimum absolute atomic E-state index is 1.00. The van der Waals surface area contributed by atoms with Gasteiger partial charge in [-0.2, -0.15) is 0 Å². The average Bonchev–Trinajstić information content (AvgIpc) is 2.31. The Morgan fingerprint density at radius 3 is 1.21 bits per heavy atom. The summed E-state index contributed by atoms with van der Waals surface area (Å²) in [6.45, 7) is 4.24. The van der Waals surface area contributed by atoms with Gasteiger partial charge in [0.25, 0.3) is 0 Å². The molecule has 1 rings (SSSR count). The summed E-state index contributed by atoms with van der Waals surface area (Å²) in [5.74, 6) is 0. The van der Waals surface area contributed by atoms with Crippen LogP contribution >= 0.6 is 9.70 Å². The molecule has 14 heavy (non-hydrogen) atoms. The van der Waals surface area contributed by atoms with Gasteiger partial charge in [0.2, 0.25) is 0 Å². The van der Waals surface area contributed by atoms with Crippen molar-refractivity contribution in [3.05, 3.63) is 35.4 Å². The van der Waals surface area contributed by atoms with E-state index in [2.05, 4.69) is 47.8 Å². The summed E-state index contributed by atoms with van der Waals surface area (Å²) in [5, 5.41) is 14.0. The topological polar surface area (TPSA) is 40.5 Å². The van der Waals surface area contributed by atoms with Gasteiger partial charge in [0.1, 0.15) is 0 Å². The van der Waals surface area contributed by atoms with Crippen LogP contribution in [0.1, 0.15) is 11.1 Å². The zero-order valence-corrected chi connectivity index (χ0v) is 11.5. The van der Waals surface area contributed by atoms with Crippen molar-refractivity contribution in [3.63, 3.8) is 0 Å². The van der Waals surface area contributed by atoms with E-state index in [9.17, 15) is 0 Å². The van der Waals surface area contributed by atoms with E-state index in [-0.39, 0.29) is 0 Å². The maximum atomic E-state index is 7.00. The van der Waals surface area contributed by atoms with E-state index in [1.165, 1.54) is 11.1 Å². The summed E-state index contributed by atoms with van der Waals surface area (Å²) < 4.78 is 0. The third-order valence-electron chi connectivity index (χ3n) is 1.43. The van der Waals surface area contributed by atoms with Gasteiger partial charge < -0.3 is 10.2 Å². The number of hydrogen-bond acceptors (Lipinski definition) is 3. The zero-order valence-electron chi connectivity index (χ0n) is 9.11. The Kier molecular flexibility index (Phi) is 26.3. The molecule has 0 fully saturated rings. The van der Waals surface area contributed by atoms with Gasteiger partial charge in [0, 0.05) is 14.2 Å². The standard InChI is InChI=1S/C8H10.2CH4O.S.Ti/c1-7-5-3-4-6-8(7)2;2*1-2;;/h3-6H,1-2H3;2*2H,1H3;;. The van der Waals surface area contributed by atoms with Crippen LogP contribution in [0, 0.1) is 13.8 Å². The fourth-order valence-electron chi connectivity index (χ4n) is 0.663. The molecule has 0 aliphatic heterocycles. The molecular formula is C10H18O2STi. The first-order valence-electron chi connectivity index (χ1n) is 3.93. The fourth-order valence-corrected chi connectivity index (χ4v) is 0.663. The van der Waals surface area contributed by atoms with E-state index in [0.717, 1.165) is 14.2 Å². The monoisotopic (exact) mass is 250 g/mol. The molecular weight excluding hydrogens is 232 g/mol. The Labute approximate surface area is 102 Å². The Morgan fingerprint density at radius 1 is 0.857 bits per heavy atom. The first-order valence-corrected chi connectivity index (χ1v) is 6.25. The van der Waals surface area contributed by atoms with Crippen molar-refractivity contribution in [2.75, 3.05) is 14.2 Å². The number of hydrogen-bond donors (Lipinski definition) is 2. The molecule has 0 heterocycles. The third kappa shape index (κ3) is 12.1. The van der Waals surface area contributed by atoms with E-state index in [1.807, 2.05) is 0 Å². The fraction of sp³-hybridized carbons (Fsp3) is 0.400. The second kappa shape index (κ2) is 18.8. The van der Waals surface area contributed by atoms with Crippen LogP contribution in [0.15, 0.2) is 24.3 Å². The van der Waals surface area contributed by atoms with Crippen molar-refractivity contribution in [2.24, 2.45) is 0 Å². The van der Waals surface area contributed by atoms with E-state index < -0.39 is 0 Å². The number of aliphatic hydroxyl groups is 2. The van der Waals surface area contributed by atoms with Crippen molar-refractivity contribution >= 4 is 9.70 Å². The van der Waals surface area contributed by atoms with Gasteiger partial charge in [-0.25, -0.2) is 0 Å². The molecule has 1 aromatic carbocycles. The van der Waals surface area contributed by atoms with Crippen LogP contribution in [0.3, 0.4) is 0 Å². The van der Waals surface area contributed by atoms with Crippen LogP contribution < -0.4 is 0 Å². The van der Waals surface area contributed by atoms with Crippen LogP contribution in [0.2, 0.25) is 0 Å². The molecule has 80 valence electrons. The van der Waals surface area contributed by atoms with E-state index >= 15 is 0 Å². The van der Waals surface area contributed by atoms with Crippen LogP contribution in [-0.4, -0.2) is 24.4 Å². The number of benzene rings is 1. The molecule has 0 aliphatic rings. The number of rotatable bonds is 0. The summed E-state index contributed by atoms with van der Waals surface area (Å²) in [4.78, 5) is 0. The first kappa shape index (κ1) is 19.6. The van der Waals surface area contributed by atoms with Crippen molar-refractivity contribution < 1.29 is 28.8 Å².